The van der Waals surface area contributed by atoms with Crippen molar-refractivity contribution in [3.8, 4) is 5.75 Å². The van der Waals surface area contributed by atoms with Crippen molar-refractivity contribution in [1.29, 1.82) is 0 Å². The van der Waals surface area contributed by atoms with Crippen LogP contribution in [-0.2, 0) is 14.3 Å². The van der Waals surface area contributed by atoms with Gasteiger partial charge in [0.05, 0.1) is 24.4 Å². The summed E-state index contributed by atoms with van der Waals surface area (Å²) in [6.07, 6.45) is 0.757. The number of esters is 2. The minimum Gasteiger partial charge on any atom is -0.462 e. The molecule has 0 aliphatic carbocycles. The second kappa shape index (κ2) is 8.35. The number of ether oxygens (including phenoxy) is 2. The van der Waals surface area contributed by atoms with E-state index >= 15 is 0 Å². The summed E-state index contributed by atoms with van der Waals surface area (Å²) >= 11 is 0. The third-order valence-electron chi connectivity index (χ3n) is 3.93. The SMILES string of the molecule is CCCOC(=O)c1ccc(NC(=O)CN2CC(=O)Oc3ccccc32)cc1. The maximum absolute atomic E-state index is 12.4. The van der Waals surface area contributed by atoms with Crippen LogP contribution in [0.15, 0.2) is 48.5 Å². The monoisotopic (exact) mass is 368 g/mol. The third kappa shape index (κ3) is 4.63. The van der Waals surface area contributed by atoms with Crippen LogP contribution in [0.1, 0.15) is 23.7 Å². The van der Waals surface area contributed by atoms with E-state index in [0.29, 0.717) is 29.3 Å². The van der Waals surface area contributed by atoms with Gasteiger partial charge in [0.1, 0.15) is 6.54 Å². The maximum atomic E-state index is 12.4. The lowest BCUT2D eigenvalue weighted by molar-refractivity contribution is -0.133. The van der Waals surface area contributed by atoms with Gasteiger partial charge in [0.2, 0.25) is 5.91 Å². The maximum Gasteiger partial charge on any atom is 0.338 e. The predicted molar refractivity (Wildman–Crippen MR) is 99.9 cm³/mol. The van der Waals surface area contributed by atoms with Gasteiger partial charge in [-0.15, -0.1) is 0 Å². The summed E-state index contributed by atoms with van der Waals surface area (Å²) < 4.78 is 10.2. The Kier molecular flexibility index (Phi) is 5.71. The minimum atomic E-state index is -0.406. The zero-order valence-corrected chi connectivity index (χ0v) is 14.9. The molecule has 0 unspecified atom stereocenters. The number of anilines is 2. The normalized spacial score (nSPS) is 12.8. The van der Waals surface area contributed by atoms with Crippen molar-refractivity contribution in [1.82, 2.24) is 0 Å². The van der Waals surface area contributed by atoms with Crippen LogP contribution in [0, 0.1) is 0 Å². The van der Waals surface area contributed by atoms with Crippen molar-refractivity contribution in [2.45, 2.75) is 13.3 Å². The van der Waals surface area contributed by atoms with E-state index in [9.17, 15) is 14.4 Å². The quantitative estimate of drug-likeness (QED) is 0.623. The standard InChI is InChI=1S/C20H20N2O5/c1-2-11-26-20(25)14-7-9-15(10-8-14)21-18(23)12-22-13-19(24)27-17-6-4-3-5-16(17)22/h3-10H,2,11-13H2,1H3,(H,21,23). The average Bonchev–Trinajstić information content (AvgIpc) is 2.66. The van der Waals surface area contributed by atoms with Crippen LogP contribution in [0.4, 0.5) is 11.4 Å². The summed E-state index contributed by atoms with van der Waals surface area (Å²) in [5.74, 6) is -0.632. The number of para-hydroxylation sites is 2. The molecule has 3 rings (SSSR count). The topological polar surface area (TPSA) is 84.9 Å². The van der Waals surface area contributed by atoms with Gasteiger partial charge in [-0.1, -0.05) is 19.1 Å². The lowest BCUT2D eigenvalue weighted by Gasteiger charge is -2.29. The molecule has 0 spiro atoms. The third-order valence-corrected chi connectivity index (χ3v) is 3.93. The Bertz CT molecular complexity index is 848. The summed E-state index contributed by atoms with van der Waals surface area (Å²) in [5, 5.41) is 2.76. The highest BCUT2D eigenvalue weighted by atomic mass is 16.5. The first-order valence-electron chi connectivity index (χ1n) is 8.68. The predicted octanol–water partition coefficient (Wildman–Crippen LogP) is 2.62. The number of carbonyl (C=O) groups excluding carboxylic acids is 3. The number of amides is 1. The molecule has 0 aromatic heterocycles. The van der Waals surface area contributed by atoms with Gasteiger partial charge in [0.15, 0.2) is 5.75 Å². The van der Waals surface area contributed by atoms with Crippen LogP contribution < -0.4 is 15.0 Å². The number of nitrogens with zero attached hydrogens (tertiary/aromatic N) is 1. The molecule has 7 heteroatoms. The van der Waals surface area contributed by atoms with Gasteiger partial charge in [-0.25, -0.2) is 9.59 Å². The Morgan fingerprint density at radius 3 is 2.63 bits per heavy atom. The Labute approximate surface area is 156 Å². The van der Waals surface area contributed by atoms with Crippen molar-refractivity contribution in [3.63, 3.8) is 0 Å². The fourth-order valence-electron chi connectivity index (χ4n) is 2.68. The molecule has 1 amide bonds. The number of benzene rings is 2. The average molecular weight is 368 g/mol. The van der Waals surface area contributed by atoms with E-state index in [1.54, 1.807) is 47.4 Å². The van der Waals surface area contributed by atoms with E-state index in [0.717, 1.165) is 6.42 Å². The van der Waals surface area contributed by atoms with Crippen molar-refractivity contribution in [2.75, 3.05) is 29.9 Å². The van der Waals surface area contributed by atoms with Crippen LogP contribution >= 0.6 is 0 Å². The van der Waals surface area contributed by atoms with E-state index in [4.69, 9.17) is 9.47 Å². The molecule has 1 aliphatic heterocycles. The highest BCUT2D eigenvalue weighted by molar-refractivity contribution is 5.97. The Morgan fingerprint density at radius 1 is 1.15 bits per heavy atom. The second-order valence-electron chi connectivity index (χ2n) is 6.06. The van der Waals surface area contributed by atoms with Crippen LogP contribution in [0.3, 0.4) is 0 Å². The van der Waals surface area contributed by atoms with Crippen molar-refractivity contribution >= 4 is 29.2 Å². The first kappa shape index (κ1) is 18.4. The molecule has 0 bridgehead atoms. The van der Waals surface area contributed by atoms with E-state index in [1.165, 1.54) is 0 Å². The highest BCUT2D eigenvalue weighted by Crippen LogP contribution is 2.31. The molecule has 0 radical (unpaired) electrons. The van der Waals surface area contributed by atoms with Gasteiger partial charge in [-0.2, -0.15) is 0 Å². The molecular weight excluding hydrogens is 348 g/mol. The molecule has 2 aromatic rings. The molecule has 1 heterocycles. The Hall–Kier alpha value is -3.35. The summed E-state index contributed by atoms with van der Waals surface area (Å²) in [4.78, 5) is 37.5. The van der Waals surface area contributed by atoms with E-state index < -0.39 is 11.9 Å². The lowest BCUT2D eigenvalue weighted by atomic mass is 10.2. The molecule has 0 saturated carbocycles. The minimum absolute atomic E-state index is 0.00636. The molecule has 140 valence electrons. The van der Waals surface area contributed by atoms with E-state index in [2.05, 4.69) is 5.32 Å². The summed E-state index contributed by atoms with van der Waals surface area (Å²) in [7, 11) is 0. The Morgan fingerprint density at radius 2 is 1.89 bits per heavy atom. The second-order valence-corrected chi connectivity index (χ2v) is 6.06. The first-order chi connectivity index (χ1) is 13.1. The van der Waals surface area contributed by atoms with Gasteiger partial charge in [-0.05, 0) is 42.8 Å². The summed E-state index contributed by atoms with van der Waals surface area (Å²) in [5.41, 5.74) is 1.68. The Balaban J connectivity index is 1.61. The van der Waals surface area contributed by atoms with Crippen molar-refractivity contribution < 1.29 is 23.9 Å². The van der Waals surface area contributed by atoms with Gasteiger partial charge >= 0.3 is 11.9 Å². The molecule has 2 aromatic carbocycles. The lowest BCUT2D eigenvalue weighted by Crippen LogP contribution is -2.41. The smallest absolute Gasteiger partial charge is 0.338 e. The first-order valence-corrected chi connectivity index (χ1v) is 8.68. The van der Waals surface area contributed by atoms with Crippen molar-refractivity contribution in [3.05, 3.63) is 54.1 Å². The largest absolute Gasteiger partial charge is 0.462 e. The van der Waals surface area contributed by atoms with E-state index in [1.807, 2.05) is 13.0 Å². The summed E-state index contributed by atoms with van der Waals surface area (Å²) in [6.45, 7) is 2.31. The zero-order chi connectivity index (χ0) is 19.2. The van der Waals surface area contributed by atoms with Crippen LogP contribution in [0.25, 0.3) is 0 Å². The molecule has 1 N–H and O–H groups in total. The summed E-state index contributed by atoms with van der Waals surface area (Å²) in [6, 6.07) is 13.5. The zero-order valence-electron chi connectivity index (χ0n) is 14.9. The van der Waals surface area contributed by atoms with Gasteiger partial charge in [-0.3, -0.25) is 4.79 Å². The molecule has 1 aliphatic rings. The number of fused-ring (bicyclic) bond motifs is 1. The van der Waals surface area contributed by atoms with E-state index in [-0.39, 0.29) is 19.0 Å². The number of hydrogen-bond acceptors (Lipinski definition) is 6. The molecular formula is C20H20N2O5. The number of rotatable bonds is 6. The van der Waals surface area contributed by atoms with Crippen molar-refractivity contribution in [2.24, 2.45) is 0 Å². The molecule has 7 nitrogen and oxygen atoms in total. The van der Waals surface area contributed by atoms with Crippen LogP contribution in [-0.4, -0.2) is 37.5 Å². The highest BCUT2D eigenvalue weighted by Gasteiger charge is 2.25. The molecule has 0 saturated heterocycles. The van der Waals surface area contributed by atoms with Crippen LogP contribution in [0.2, 0.25) is 0 Å². The number of carbonyl (C=O) groups is 3. The fraction of sp³-hybridized carbons (Fsp3) is 0.250. The number of nitrogens with one attached hydrogen (secondary N) is 1. The van der Waals surface area contributed by atoms with Crippen LogP contribution in [0.5, 0.6) is 5.75 Å². The van der Waals surface area contributed by atoms with Gasteiger partial charge < -0.3 is 19.7 Å². The van der Waals surface area contributed by atoms with Gasteiger partial charge in [0, 0.05) is 5.69 Å². The molecule has 0 fully saturated rings. The number of hydrogen-bond donors (Lipinski definition) is 1. The molecule has 0 atom stereocenters. The molecule has 27 heavy (non-hydrogen) atoms. The van der Waals surface area contributed by atoms with Gasteiger partial charge in [0.25, 0.3) is 0 Å². The fourth-order valence-corrected chi connectivity index (χ4v) is 2.68.